The Balaban J connectivity index is 2.79. The van der Waals surface area contributed by atoms with Crippen LogP contribution >= 0.6 is 15.9 Å². The first-order valence-corrected chi connectivity index (χ1v) is 3.77. The van der Waals surface area contributed by atoms with Gasteiger partial charge in [0, 0.05) is 4.47 Å². The molecule has 3 heteroatoms. The van der Waals surface area contributed by atoms with Crippen molar-refractivity contribution < 1.29 is 9.53 Å². The highest BCUT2D eigenvalue weighted by atomic mass is 79.9. The molecule has 0 aliphatic carbocycles. The molecule has 57 valence electrons. The van der Waals surface area contributed by atoms with E-state index in [1.165, 1.54) is 0 Å². The Hall–Kier alpha value is -0.830. The summed E-state index contributed by atoms with van der Waals surface area (Å²) in [6, 6.07) is 7.01. The van der Waals surface area contributed by atoms with Crippen LogP contribution in [0.25, 0.3) is 0 Å². The molecule has 0 aromatic heterocycles. The fourth-order valence-corrected chi connectivity index (χ4v) is 1.04. The van der Waals surface area contributed by atoms with Gasteiger partial charge in [-0.1, -0.05) is 22.0 Å². The second kappa shape index (κ2) is 3.53. The molecule has 0 spiro atoms. The molecule has 1 aromatic rings. The van der Waals surface area contributed by atoms with Crippen molar-refractivity contribution in [1.29, 1.82) is 0 Å². The zero-order valence-electron chi connectivity index (χ0n) is 5.71. The van der Waals surface area contributed by atoms with E-state index in [9.17, 15) is 4.79 Å². The van der Waals surface area contributed by atoms with Gasteiger partial charge in [-0.05, 0) is 18.2 Å². The Morgan fingerprint density at radius 3 is 2.82 bits per heavy atom. The fraction of sp³-hybridized carbons (Fsp3) is 0. The fourth-order valence-electron chi connectivity index (χ4n) is 0.662. The maximum absolute atomic E-state index is 10.4. The molecule has 0 bridgehead atoms. The van der Waals surface area contributed by atoms with Crippen LogP contribution in [0.15, 0.2) is 28.7 Å². The van der Waals surface area contributed by atoms with E-state index in [1.807, 2.05) is 6.07 Å². The third kappa shape index (κ3) is 2.72. The summed E-state index contributed by atoms with van der Waals surface area (Å²) in [5, 5.41) is 0. The van der Waals surface area contributed by atoms with Crippen molar-refractivity contribution in [3.05, 3.63) is 35.7 Å². The van der Waals surface area contributed by atoms with Crippen molar-refractivity contribution >= 4 is 21.9 Å². The van der Waals surface area contributed by atoms with E-state index < -0.39 is 5.97 Å². The minimum Gasteiger partial charge on any atom is -0.426 e. The van der Waals surface area contributed by atoms with E-state index in [4.69, 9.17) is 4.74 Å². The molecule has 1 radical (unpaired) electrons. The summed E-state index contributed by atoms with van der Waals surface area (Å²) in [7, 11) is 0. The predicted octanol–water partition coefficient (Wildman–Crippen LogP) is 2.19. The maximum Gasteiger partial charge on any atom is 0.311 e. The highest BCUT2D eigenvalue weighted by Crippen LogP contribution is 2.17. The van der Waals surface area contributed by atoms with Crippen molar-refractivity contribution in [1.82, 2.24) is 0 Å². The van der Waals surface area contributed by atoms with Crippen LogP contribution in [-0.4, -0.2) is 5.97 Å². The predicted molar refractivity (Wildman–Crippen MR) is 45.1 cm³/mol. The molecule has 0 saturated carbocycles. The average Bonchev–Trinajstić information content (AvgIpc) is 1.85. The molecule has 0 heterocycles. The summed E-state index contributed by atoms with van der Waals surface area (Å²) in [6.45, 7) is 3.09. The zero-order valence-corrected chi connectivity index (χ0v) is 7.30. The van der Waals surface area contributed by atoms with Gasteiger partial charge in [0.25, 0.3) is 0 Å². The topological polar surface area (TPSA) is 26.3 Å². The second-order valence-electron chi connectivity index (χ2n) is 1.93. The van der Waals surface area contributed by atoms with Crippen LogP contribution in [0.5, 0.6) is 5.75 Å². The third-order valence-electron chi connectivity index (χ3n) is 1.03. The van der Waals surface area contributed by atoms with Crippen LogP contribution in [-0.2, 0) is 4.79 Å². The van der Waals surface area contributed by atoms with Crippen LogP contribution in [0.1, 0.15) is 0 Å². The molecule has 2 nitrogen and oxygen atoms in total. The molecular formula is C8H6BrO2. The van der Waals surface area contributed by atoms with Crippen molar-refractivity contribution in [2.24, 2.45) is 0 Å². The van der Waals surface area contributed by atoms with Gasteiger partial charge in [0.15, 0.2) is 0 Å². The molecule has 1 rings (SSSR count). The lowest BCUT2D eigenvalue weighted by atomic mass is 10.3. The molecule has 0 aliphatic rings. The Morgan fingerprint density at radius 2 is 2.27 bits per heavy atom. The standard InChI is InChI=1S/C8H6BrO2/c1-6(10)11-8-4-2-3-7(9)5-8/h2-5H,1H2. The van der Waals surface area contributed by atoms with Crippen molar-refractivity contribution in [2.75, 3.05) is 0 Å². The number of rotatable bonds is 1. The summed E-state index contributed by atoms with van der Waals surface area (Å²) < 4.78 is 5.59. The van der Waals surface area contributed by atoms with Gasteiger partial charge in [-0.25, -0.2) is 0 Å². The highest BCUT2D eigenvalue weighted by Gasteiger charge is 1.96. The highest BCUT2D eigenvalue weighted by molar-refractivity contribution is 9.10. The van der Waals surface area contributed by atoms with Gasteiger partial charge in [0.05, 0.1) is 6.92 Å². The molecule has 0 saturated heterocycles. The summed E-state index contributed by atoms with van der Waals surface area (Å²) in [6.07, 6.45) is 0. The Morgan fingerprint density at radius 1 is 1.55 bits per heavy atom. The number of esters is 1. The van der Waals surface area contributed by atoms with E-state index in [0.717, 1.165) is 4.47 Å². The SMILES string of the molecule is [CH2]C(=O)Oc1cccc(Br)c1. The van der Waals surface area contributed by atoms with E-state index in [2.05, 4.69) is 22.9 Å². The average molecular weight is 214 g/mol. The van der Waals surface area contributed by atoms with Crippen molar-refractivity contribution in [3.63, 3.8) is 0 Å². The van der Waals surface area contributed by atoms with E-state index in [-0.39, 0.29) is 0 Å². The van der Waals surface area contributed by atoms with Gasteiger partial charge >= 0.3 is 5.97 Å². The number of benzene rings is 1. The van der Waals surface area contributed by atoms with Crippen LogP contribution in [0, 0.1) is 6.92 Å². The molecule has 0 fully saturated rings. The lowest BCUT2D eigenvalue weighted by Crippen LogP contribution is -2.01. The van der Waals surface area contributed by atoms with Gasteiger partial charge in [-0.3, -0.25) is 4.79 Å². The minimum atomic E-state index is -0.553. The molecule has 0 unspecified atom stereocenters. The van der Waals surface area contributed by atoms with Gasteiger partial charge in [-0.15, -0.1) is 0 Å². The summed E-state index contributed by atoms with van der Waals surface area (Å²) >= 11 is 3.24. The summed E-state index contributed by atoms with van der Waals surface area (Å²) in [5.74, 6) is -0.0533. The molecule has 0 N–H and O–H groups in total. The summed E-state index contributed by atoms with van der Waals surface area (Å²) in [4.78, 5) is 10.4. The van der Waals surface area contributed by atoms with Gasteiger partial charge in [0.2, 0.25) is 0 Å². The number of ether oxygens (including phenoxy) is 1. The Bertz CT molecular complexity index is 271. The molecule has 1 aromatic carbocycles. The normalized spacial score (nSPS) is 9.27. The quantitative estimate of drug-likeness (QED) is 0.529. The number of hydrogen-bond donors (Lipinski definition) is 0. The zero-order chi connectivity index (χ0) is 8.27. The number of carbonyl (C=O) groups excluding carboxylic acids is 1. The van der Waals surface area contributed by atoms with E-state index in [0.29, 0.717) is 5.75 Å². The number of halogens is 1. The second-order valence-corrected chi connectivity index (χ2v) is 2.85. The molecule has 0 atom stereocenters. The van der Waals surface area contributed by atoms with Crippen molar-refractivity contribution in [2.45, 2.75) is 0 Å². The van der Waals surface area contributed by atoms with E-state index >= 15 is 0 Å². The number of carbonyl (C=O) groups is 1. The molecule has 11 heavy (non-hydrogen) atoms. The summed E-state index contributed by atoms with van der Waals surface area (Å²) in [5.41, 5.74) is 0. The molecule has 0 amide bonds. The van der Waals surface area contributed by atoms with Crippen molar-refractivity contribution in [3.8, 4) is 5.75 Å². The van der Waals surface area contributed by atoms with Crippen LogP contribution in [0.3, 0.4) is 0 Å². The molecule has 0 aliphatic heterocycles. The first-order chi connectivity index (χ1) is 5.18. The third-order valence-corrected chi connectivity index (χ3v) is 1.52. The Kier molecular flexibility index (Phi) is 2.65. The van der Waals surface area contributed by atoms with Crippen LogP contribution < -0.4 is 4.74 Å². The van der Waals surface area contributed by atoms with E-state index in [1.54, 1.807) is 18.2 Å². The molecular weight excluding hydrogens is 208 g/mol. The smallest absolute Gasteiger partial charge is 0.311 e. The monoisotopic (exact) mass is 213 g/mol. The van der Waals surface area contributed by atoms with Crippen LogP contribution in [0.4, 0.5) is 0 Å². The number of hydrogen-bond acceptors (Lipinski definition) is 2. The van der Waals surface area contributed by atoms with Gasteiger partial charge in [0.1, 0.15) is 5.75 Å². The Labute approximate surface area is 73.3 Å². The van der Waals surface area contributed by atoms with Crippen LogP contribution in [0.2, 0.25) is 0 Å². The first kappa shape index (κ1) is 8.27. The first-order valence-electron chi connectivity index (χ1n) is 2.98. The van der Waals surface area contributed by atoms with Gasteiger partial charge in [-0.2, -0.15) is 0 Å². The maximum atomic E-state index is 10.4. The minimum absolute atomic E-state index is 0.499. The van der Waals surface area contributed by atoms with Gasteiger partial charge < -0.3 is 4.74 Å². The largest absolute Gasteiger partial charge is 0.426 e. The lowest BCUT2D eigenvalue weighted by Gasteiger charge is -1.99. The lowest BCUT2D eigenvalue weighted by molar-refractivity contribution is -0.129.